The molecular weight excluding hydrogens is 608 g/mol. The minimum atomic E-state index is -5.25. The lowest BCUT2D eigenvalue weighted by Gasteiger charge is -2.33. The van der Waals surface area contributed by atoms with Crippen LogP contribution >= 0.6 is 27.5 Å². The third-order valence-corrected chi connectivity index (χ3v) is 8.42. The van der Waals surface area contributed by atoms with Crippen LogP contribution in [0.15, 0.2) is 70.0 Å². The van der Waals surface area contributed by atoms with Crippen LogP contribution in [-0.2, 0) is 29.7 Å². The van der Waals surface area contributed by atoms with Crippen molar-refractivity contribution in [1.29, 1.82) is 0 Å². The van der Waals surface area contributed by atoms with Crippen LogP contribution in [0.4, 0.5) is 17.6 Å². The molecule has 3 aromatic rings. The lowest BCUT2D eigenvalue weighted by Crippen LogP contribution is -2.52. The summed E-state index contributed by atoms with van der Waals surface area (Å²) in [6, 6.07) is 11.9. The summed E-state index contributed by atoms with van der Waals surface area (Å²) in [5.74, 6) is -3.40. The second kappa shape index (κ2) is 9.90. The first-order valence-corrected chi connectivity index (χ1v) is 13.2. The van der Waals surface area contributed by atoms with E-state index in [1.807, 2.05) is 0 Å². The molecule has 1 aliphatic heterocycles. The van der Waals surface area contributed by atoms with Gasteiger partial charge in [-0.25, -0.2) is 17.6 Å². The summed E-state index contributed by atoms with van der Waals surface area (Å²) in [5.41, 5.74) is -4.19. The molecule has 0 saturated carbocycles. The number of esters is 1. The van der Waals surface area contributed by atoms with E-state index in [9.17, 15) is 30.8 Å². The first-order valence-electron chi connectivity index (χ1n) is 10.4. The van der Waals surface area contributed by atoms with Gasteiger partial charge in [-0.1, -0.05) is 41.9 Å². The predicted octanol–water partition coefficient (Wildman–Crippen LogP) is 6.51. The van der Waals surface area contributed by atoms with E-state index in [1.54, 1.807) is 0 Å². The predicted molar refractivity (Wildman–Crippen MR) is 128 cm³/mol. The van der Waals surface area contributed by atoms with Crippen LogP contribution in [-0.4, -0.2) is 33.4 Å². The summed E-state index contributed by atoms with van der Waals surface area (Å²) >= 11 is 9.04. The van der Waals surface area contributed by atoms with Gasteiger partial charge in [-0.2, -0.15) is 13.2 Å². The summed E-state index contributed by atoms with van der Waals surface area (Å²) in [7, 11) is -3.34. The number of halogens is 6. The molecule has 1 unspecified atom stereocenters. The number of methoxy groups -OCH3 is 1. The van der Waals surface area contributed by atoms with Crippen molar-refractivity contribution in [2.75, 3.05) is 12.9 Å². The number of carbonyl (C=O) groups excluding carboxylic acids is 1. The molecular formula is C24H16BrClF4O6S. The first kappa shape index (κ1) is 27.4. The standard InChI is InChI=1S/C24H16BrClF4O6S/c1-34-23(24(28,29)30,13-5-3-2-4-6-13)22(31)36-18-12-37(32,33)19-8-7-17(21(25)20(18)19)35-16-10-14(26)9-15(27)11-16/h2-11,18H,12H2,1H3/t18-,23?/m0/s1. The van der Waals surface area contributed by atoms with Gasteiger partial charge in [0.05, 0.1) is 15.1 Å². The molecule has 2 atom stereocenters. The maximum atomic E-state index is 14.3. The van der Waals surface area contributed by atoms with Crippen molar-refractivity contribution < 1.29 is 45.0 Å². The molecule has 4 rings (SSSR count). The molecule has 0 radical (unpaired) electrons. The van der Waals surface area contributed by atoms with E-state index in [1.165, 1.54) is 30.3 Å². The van der Waals surface area contributed by atoms with Crippen molar-refractivity contribution in [1.82, 2.24) is 0 Å². The number of benzene rings is 3. The quantitative estimate of drug-likeness (QED) is 0.230. The van der Waals surface area contributed by atoms with Gasteiger partial charge in [-0.3, -0.25) is 0 Å². The van der Waals surface area contributed by atoms with E-state index >= 15 is 0 Å². The van der Waals surface area contributed by atoms with E-state index in [0.717, 1.165) is 30.3 Å². The minimum absolute atomic E-state index is 0.0148. The Labute approximate surface area is 222 Å². The van der Waals surface area contributed by atoms with Crippen molar-refractivity contribution in [2.45, 2.75) is 22.8 Å². The largest absolute Gasteiger partial charge is 0.456 e. The fraction of sp³-hybridized carbons (Fsp3) is 0.208. The molecule has 0 N–H and O–H groups in total. The van der Waals surface area contributed by atoms with Gasteiger partial charge in [0.15, 0.2) is 9.84 Å². The molecule has 0 aliphatic carbocycles. The van der Waals surface area contributed by atoms with Crippen molar-refractivity contribution in [3.63, 3.8) is 0 Å². The SMILES string of the molecule is COC(C(=O)O[C@H]1CS(=O)(=O)c2ccc(Oc3cc(F)cc(Cl)c3)c(Br)c21)(c1ccccc1)C(F)(F)F. The second-order valence-electron chi connectivity index (χ2n) is 7.92. The molecule has 37 heavy (non-hydrogen) atoms. The molecule has 0 aromatic heterocycles. The molecule has 6 nitrogen and oxygen atoms in total. The Morgan fingerprint density at radius 1 is 1.08 bits per heavy atom. The Balaban J connectivity index is 1.76. The Kier molecular flexibility index (Phi) is 7.32. The summed E-state index contributed by atoms with van der Waals surface area (Å²) in [6.07, 6.45) is -6.89. The topological polar surface area (TPSA) is 78.9 Å². The molecule has 0 fully saturated rings. The molecule has 0 saturated heterocycles. The lowest BCUT2D eigenvalue weighted by atomic mass is 9.92. The van der Waals surface area contributed by atoms with Gasteiger partial charge in [0.25, 0.3) is 5.60 Å². The van der Waals surface area contributed by atoms with E-state index < -0.39 is 50.8 Å². The summed E-state index contributed by atoms with van der Waals surface area (Å²) < 4.78 is 97.6. The van der Waals surface area contributed by atoms with Crippen LogP contribution < -0.4 is 4.74 Å². The zero-order valence-corrected chi connectivity index (χ0v) is 21.8. The molecule has 3 aromatic carbocycles. The van der Waals surface area contributed by atoms with Gasteiger partial charge < -0.3 is 14.2 Å². The fourth-order valence-corrected chi connectivity index (χ4v) is 6.67. The van der Waals surface area contributed by atoms with E-state index in [4.69, 9.17) is 25.8 Å². The zero-order valence-electron chi connectivity index (χ0n) is 18.7. The molecule has 13 heteroatoms. The molecule has 0 amide bonds. The average Bonchev–Trinajstić information content (AvgIpc) is 3.05. The van der Waals surface area contributed by atoms with Crippen LogP contribution in [0.25, 0.3) is 0 Å². The highest BCUT2D eigenvalue weighted by atomic mass is 79.9. The maximum Gasteiger partial charge on any atom is 0.432 e. The van der Waals surface area contributed by atoms with Crippen LogP contribution in [0, 0.1) is 5.82 Å². The van der Waals surface area contributed by atoms with Crippen LogP contribution in [0.1, 0.15) is 17.2 Å². The third-order valence-electron chi connectivity index (χ3n) is 5.62. The van der Waals surface area contributed by atoms with Crippen molar-refractivity contribution in [2.24, 2.45) is 0 Å². The van der Waals surface area contributed by atoms with Gasteiger partial charge in [-0.05, 0) is 40.2 Å². The highest BCUT2D eigenvalue weighted by Crippen LogP contribution is 2.48. The number of alkyl halides is 3. The van der Waals surface area contributed by atoms with Gasteiger partial charge >= 0.3 is 12.1 Å². The zero-order chi connectivity index (χ0) is 27.2. The number of hydrogen-bond donors (Lipinski definition) is 0. The van der Waals surface area contributed by atoms with E-state index in [-0.39, 0.29) is 31.5 Å². The van der Waals surface area contributed by atoms with Crippen molar-refractivity contribution in [3.05, 3.63) is 87.1 Å². The Bertz CT molecular complexity index is 1450. The lowest BCUT2D eigenvalue weighted by molar-refractivity contribution is -0.278. The van der Waals surface area contributed by atoms with E-state index in [2.05, 4.69) is 15.9 Å². The number of ether oxygens (including phenoxy) is 3. The van der Waals surface area contributed by atoms with Crippen molar-refractivity contribution >= 4 is 43.3 Å². The summed E-state index contributed by atoms with van der Waals surface area (Å²) in [4.78, 5) is 12.9. The number of carbonyl (C=O) groups is 1. The third kappa shape index (κ3) is 4.95. The van der Waals surface area contributed by atoms with Gasteiger partial charge in [-0.15, -0.1) is 0 Å². The van der Waals surface area contributed by atoms with Gasteiger partial charge in [0.2, 0.25) is 0 Å². The average molecular weight is 624 g/mol. The maximum absolute atomic E-state index is 14.3. The highest BCUT2D eigenvalue weighted by molar-refractivity contribution is 9.10. The highest BCUT2D eigenvalue weighted by Gasteiger charge is 2.64. The summed E-state index contributed by atoms with van der Waals surface area (Å²) in [5, 5.41) is 0.0330. The molecule has 1 heterocycles. The number of hydrogen-bond acceptors (Lipinski definition) is 6. The van der Waals surface area contributed by atoms with Crippen LogP contribution in [0.2, 0.25) is 5.02 Å². The molecule has 0 spiro atoms. The summed E-state index contributed by atoms with van der Waals surface area (Å²) in [6.45, 7) is 0. The normalized spacial score (nSPS) is 18.1. The number of sulfone groups is 1. The number of rotatable bonds is 6. The van der Waals surface area contributed by atoms with Gasteiger partial charge in [0.1, 0.15) is 23.4 Å². The van der Waals surface area contributed by atoms with Crippen LogP contribution in [0.5, 0.6) is 11.5 Å². The Hall–Kier alpha value is -2.67. The van der Waals surface area contributed by atoms with E-state index in [0.29, 0.717) is 7.11 Å². The fourth-order valence-electron chi connectivity index (χ4n) is 3.98. The van der Waals surface area contributed by atoms with Crippen LogP contribution in [0.3, 0.4) is 0 Å². The Morgan fingerprint density at radius 2 is 1.76 bits per heavy atom. The smallest absolute Gasteiger partial charge is 0.432 e. The minimum Gasteiger partial charge on any atom is -0.456 e. The van der Waals surface area contributed by atoms with Crippen molar-refractivity contribution in [3.8, 4) is 11.5 Å². The molecule has 196 valence electrons. The molecule has 0 bridgehead atoms. The second-order valence-corrected chi connectivity index (χ2v) is 11.2. The Morgan fingerprint density at radius 3 is 2.35 bits per heavy atom. The first-order chi connectivity index (χ1) is 17.3. The van der Waals surface area contributed by atoms with Gasteiger partial charge in [0, 0.05) is 29.3 Å². The molecule has 1 aliphatic rings. The monoisotopic (exact) mass is 622 g/mol. The number of fused-ring (bicyclic) bond motifs is 1.